The van der Waals surface area contributed by atoms with Crippen molar-refractivity contribution in [1.82, 2.24) is 9.80 Å². The number of rotatable bonds is 11. The lowest BCUT2D eigenvalue weighted by Crippen LogP contribution is -2.46. The summed E-state index contributed by atoms with van der Waals surface area (Å²) in [6, 6.07) is 0.862. The Morgan fingerprint density at radius 3 is 2.15 bits per heavy atom. The van der Waals surface area contributed by atoms with Crippen LogP contribution in [-0.2, 0) is 13.3 Å². The van der Waals surface area contributed by atoms with Gasteiger partial charge in [0.25, 0.3) is 0 Å². The third-order valence-corrected chi connectivity index (χ3v) is 6.22. The molecule has 20 heavy (non-hydrogen) atoms. The van der Waals surface area contributed by atoms with Crippen molar-refractivity contribution in [3.05, 3.63) is 25.2 Å². The molecule has 1 aliphatic heterocycles. The second-order valence-electron chi connectivity index (χ2n) is 4.53. The Hall–Kier alpha value is -0.823. The average Bonchev–Trinajstić information content (AvgIpc) is 2.88. The maximum absolute atomic E-state index is 5.85. The fourth-order valence-electron chi connectivity index (χ4n) is 2.25. The van der Waals surface area contributed by atoms with E-state index in [-0.39, 0.29) is 0 Å². The number of nitrogens with zero attached hydrogens (tertiary/aromatic N) is 2. The minimum atomic E-state index is -2.48. The molecular weight excluding hydrogens is 272 g/mol. The van der Waals surface area contributed by atoms with Crippen LogP contribution in [0.3, 0.4) is 0 Å². The topological polar surface area (TPSA) is 34.2 Å². The molecule has 116 valence electrons. The highest BCUT2D eigenvalue weighted by Crippen LogP contribution is 2.19. The summed E-state index contributed by atoms with van der Waals surface area (Å²) in [5.41, 5.74) is 0. The van der Waals surface area contributed by atoms with E-state index in [4.69, 9.17) is 13.3 Å². The molecule has 0 unspecified atom stereocenters. The van der Waals surface area contributed by atoms with Gasteiger partial charge in [0.15, 0.2) is 0 Å². The van der Waals surface area contributed by atoms with E-state index in [1.807, 2.05) is 33.2 Å². The zero-order chi connectivity index (χ0) is 14.8. The quantitative estimate of drug-likeness (QED) is 0.548. The van der Waals surface area contributed by atoms with Crippen molar-refractivity contribution in [2.24, 2.45) is 0 Å². The third-order valence-electron chi connectivity index (χ3n) is 3.07. The van der Waals surface area contributed by atoms with Gasteiger partial charge in [-0.25, -0.2) is 0 Å². The molecule has 0 radical (unpaired) electrons. The molecule has 1 rings (SSSR count). The van der Waals surface area contributed by atoms with Crippen molar-refractivity contribution < 1.29 is 13.3 Å². The molecule has 1 aliphatic rings. The Morgan fingerprint density at radius 2 is 1.70 bits per heavy atom. The molecule has 1 heterocycles. The lowest BCUT2D eigenvalue weighted by atomic mass is 10.4. The molecule has 0 atom stereocenters. The summed E-state index contributed by atoms with van der Waals surface area (Å²) >= 11 is 0. The van der Waals surface area contributed by atoms with Gasteiger partial charge in [0.1, 0.15) is 0 Å². The Morgan fingerprint density at radius 1 is 1.10 bits per heavy atom. The second-order valence-corrected chi connectivity index (χ2v) is 7.27. The minimum absolute atomic E-state index is 0.639. The van der Waals surface area contributed by atoms with Crippen LogP contribution in [0.5, 0.6) is 0 Å². The van der Waals surface area contributed by atoms with E-state index in [2.05, 4.69) is 22.6 Å². The standard InChI is InChI=1S/C14H28N2O3Si/c1-5-15-11-12-16(14-15)10-9-13-20(17-6-2,18-7-3)19-8-4/h5,11-12H,1,6-10,13-14H2,2-4H3. The number of hydrogen-bond acceptors (Lipinski definition) is 5. The molecule has 0 aromatic heterocycles. The van der Waals surface area contributed by atoms with E-state index in [1.165, 1.54) is 0 Å². The Labute approximate surface area is 124 Å². The van der Waals surface area contributed by atoms with E-state index in [9.17, 15) is 0 Å². The van der Waals surface area contributed by atoms with Gasteiger partial charge >= 0.3 is 8.80 Å². The van der Waals surface area contributed by atoms with Crippen LogP contribution < -0.4 is 0 Å². The first-order chi connectivity index (χ1) is 9.69. The molecular formula is C14H28N2O3Si. The van der Waals surface area contributed by atoms with Crippen LogP contribution in [0, 0.1) is 0 Å². The first-order valence-electron chi connectivity index (χ1n) is 7.42. The summed E-state index contributed by atoms with van der Waals surface area (Å²) < 4.78 is 17.5. The van der Waals surface area contributed by atoms with E-state index in [1.54, 1.807) is 0 Å². The zero-order valence-electron chi connectivity index (χ0n) is 13.0. The largest absolute Gasteiger partial charge is 0.500 e. The van der Waals surface area contributed by atoms with Crippen molar-refractivity contribution in [2.45, 2.75) is 33.2 Å². The lowest BCUT2D eigenvalue weighted by Gasteiger charge is -2.29. The van der Waals surface area contributed by atoms with Crippen LogP contribution in [0.25, 0.3) is 0 Å². The first-order valence-corrected chi connectivity index (χ1v) is 9.35. The highest BCUT2D eigenvalue weighted by atomic mass is 28.4. The Bertz CT molecular complexity index is 296. The van der Waals surface area contributed by atoms with E-state index in [0.29, 0.717) is 19.8 Å². The molecule has 0 bridgehead atoms. The highest BCUT2D eigenvalue weighted by molar-refractivity contribution is 6.60. The Kier molecular flexibility index (Phi) is 7.90. The van der Waals surface area contributed by atoms with Gasteiger partial charge in [0.05, 0.1) is 6.67 Å². The fraction of sp³-hybridized carbons (Fsp3) is 0.714. The van der Waals surface area contributed by atoms with Crippen molar-refractivity contribution in [3.63, 3.8) is 0 Å². The van der Waals surface area contributed by atoms with Gasteiger partial charge in [-0.3, -0.25) is 0 Å². The van der Waals surface area contributed by atoms with Gasteiger partial charge in [0.2, 0.25) is 0 Å². The van der Waals surface area contributed by atoms with Gasteiger partial charge < -0.3 is 23.1 Å². The maximum atomic E-state index is 5.85. The van der Waals surface area contributed by atoms with Gasteiger partial charge in [0, 0.05) is 44.8 Å². The van der Waals surface area contributed by atoms with Crippen LogP contribution in [0.1, 0.15) is 27.2 Å². The summed E-state index contributed by atoms with van der Waals surface area (Å²) in [5.74, 6) is 0. The predicted octanol–water partition coefficient (Wildman–Crippen LogP) is 2.61. The summed E-state index contributed by atoms with van der Waals surface area (Å²) in [6.45, 7) is 13.5. The van der Waals surface area contributed by atoms with Gasteiger partial charge in [-0.2, -0.15) is 0 Å². The second kappa shape index (κ2) is 9.18. The minimum Gasteiger partial charge on any atom is -0.374 e. The normalized spacial score (nSPS) is 15.2. The van der Waals surface area contributed by atoms with Crippen LogP contribution in [0.2, 0.25) is 6.04 Å². The fourth-order valence-corrected chi connectivity index (χ4v) is 4.84. The molecule has 5 nitrogen and oxygen atoms in total. The van der Waals surface area contributed by atoms with Crippen LogP contribution in [0.4, 0.5) is 0 Å². The average molecular weight is 300 g/mol. The van der Waals surface area contributed by atoms with Crippen molar-refractivity contribution >= 4 is 8.80 Å². The predicted molar refractivity (Wildman–Crippen MR) is 82.8 cm³/mol. The van der Waals surface area contributed by atoms with Crippen LogP contribution >= 0.6 is 0 Å². The monoisotopic (exact) mass is 300 g/mol. The van der Waals surface area contributed by atoms with Crippen molar-refractivity contribution in [1.29, 1.82) is 0 Å². The molecule has 0 N–H and O–H groups in total. The smallest absolute Gasteiger partial charge is 0.374 e. The summed E-state index contributed by atoms with van der Waals surface area (Å²) in [5, 5.41) is 0. The van der Waals surface area contributed by atoms with Gasteiger partial charge in [-0.1, -0.05) is 6.58 Å². The molecule has 6 heteroatoms. The molecule has 0 fully saturated rings. The molecule has 0 spiro atoms. The molecule has 0 aliphatic carbocycles. The number of hydrogen-bond donors (Lipinski definition) is 0. The van der Waals surface area contributed by atoms with E-state index in [0.717, 1.165) is 25.7 Å². The molecule has 0 saturated carbocycles. The van der Waals surface area contributed by atoms with Gasteiger partial charge in [-0.05, 0) is 33.4 Å². The van der Waals surface area contributed by atoms with E-state index < -0.39 is 8.80 Å². The molecule has 0 aromatic carbocycles. The van der Waals surface area contributed by atoms with Crippen LogP contribution in [-0.4, -0.2) is 51.6 Å². The Balaban J connectivity index is 2.41. The van der Waals surface area contributed by atoms with Crippen LogP contribution in [0.15, 0.2) is 25.2 Å². The molecule has 0 saturated heterocycles. The summed E-state index contributed by atoms with van der Waals surface area (Å²) in [7, 11) is -2.48. The van der Waals surface area contributed by atoms with E-state index >= 15 is 0 Å². The first kappa shape index (κ1) is 17.2. The highest BCUT2D eigenvalue weighted by Gasteiger charge is 2.39. The van der Waals surface area contributed by atoms with Crippen molar-refractivity contribution in [3.8, 4) is 0 Å². The zero-order valence-corrected chi connectivity index (χ0v) is 14.0. The summed E-state index contributed by atoms with van der Waals surface area (Å²) in [6.07, 6.45) is 6.95. The SMILES string of the molecule is C=CN1C=CN(CCC[Si](OCC)(OCC)OCC)C1. The third kappa shape index (κ3) is 5.28. The molecule has 0 amide bonds. The van der Waals surface area contributed by atoms with Gasteiger partial charge in [-0.15, -0.1) is 0 Å². The maximum Gasteiger partial charge on any atom is 0.500 e. The summed E-state index contributed by atoms with van der Waals surface area (Å²) in [4.78, 5) is 4.31. The van der Waals surface area contributed by atoms with Crippen molar-refractivity contribution in [2.75, 3.05) is 33.0 Å². The lowest BCUT2D eigenvalue weighted by molar-refractivity contribution is 0.0702. The molecule has 0 aromatic rings.